The van der Waals surface area contributed by atoms with E-state index in [-0.39, 0.29) is 30.0 Å². The van der Waals surface area contributed by atoms with Gasteiger partial charge in [0.05, 0.1) is 36.0 Å². The Morgan fingerprint density at radius 3 is 2.74 bits per heavy atom. The van der Waals surface area contributed by atoms with Gasteiger partial charge in [-0.3, -0.25) is 14.2 Å². The molecule has 2 amide bonds. The first-order valence-electron chi connectivity index (χ1n) is 11.7. The number of carbonyl (C=O) groups excluding carboxylic acids is 2. The Hall–Kier alpha value is -3.37. The lowest BCUT2D eigenvalue weighted by atomic mass is 10.2. The summed E-state index contributed by atoms with van der Waals surface area (Å²) in [6.45, 7) is 6.69. The van der Waals surface area contributed by atoms with Gasteiger partial charge in [0.15, 0.2) is 5.16 Å². The number of aromatic nitrogens is 3. The summed E-state index contributed by atoms with van der Waals surface area (Å²) in [4.78, 5) is 29.7. The molecule has 10 heteroatoms. The van der Waals surface area contributed by atoms with Gasteiger partial charge in [-0.1, -0.05) is 36.0 Å². The number of anilines is 3. The van der Waals surface area contributed by atoms with Crippen LogP contribution in [0.15, 0.2) is 53.7 Å². The third kappa shape index (κ3) is 4.89. The Bertz CT molecular complexity index is 1240. The molecule has 3 aromatic rings. The van der Waals surface area contributed by atoms with Crippen LogP contribution in [0.1, 0.15) is 18.9 Å². The normalized spacial score (nSPS) is 18.1. The summed E-state index contributed by atoms with van der Waals surface area (Å²) in [5.74, 6) is 0.734. The Morgan fingerprint density at radius 2 is 1.94 bits per heavy atom. The van der Waals surface area contributed by atoms with Crippen molar-refractivity contribution in [2.24, 2.45) is 0 Å². The van der Waals surface area contributed by atoms with Crippen molar-refractivity contribution in [1.82, 2.24) is 14.8 Å². The molecule has 182 valence electrons. The van der Waals surface area contributed by atoms with Crippen molar-refractivity contribution in [3.05, 3.63) is 54.1 Å². The second-order valence-corrected chi connectivity index (χ2v) is 9.67. The van der Waals surface area contributed by atoms with Crippen molar-refractivity contribution in [3.8, 4) is 5.69 Å². The summed E-state index contributed by atoms with van der Waals surface area (Å²) in [7, 11) is 0. The molecule has 2 aromatic carbocycles. The van der Waals surface area contributed by atoms with Crippen LogP contribution < -0.4 is 15.1 Å². The highest BCUT2D eigenvalue weighted by Crippen LogP contribution is 2.33. The number of benzene rings is 2. The Kier molecular flexibility index (Phi) is 6.74. The number of carbonyl (C=O) groups is 2. The van der Waals surface area contributed by atoms with Gasteiger partial charge in [0.2, 0.25) is 17.8 Å². The fourth-order valence-electron chi connectivity index (χ4n) is 4.48. The lowest BCUT2D eigenvalue weighted by Gasteiger charge is -2.28. The largest absolute Gasteiger partial charge is 0.378 e. The molecule has 1 aromatic heterocycles. The van der Waals surface area contributed by atoms with Crippen LogP contribution in [0.5, 0.6) is 0 Å². The van der Waals surface area contributed by atoms with E-state index in [1.165, 1.54) is 11.8 Å². The number of morpholine rings is 1. The Balaban J connectivity index is 1.43. The third-order valence-electron chi connectivity index (χ3n) is 6.12. The van der Waals surface area contributed by atoms with Crippen LogP contribution in [-0.4, -0.2) is 64.7 Å². The maximum absolute atomic E-state index is 13.5. The van der Waals surface area contributed by atoms with E-state index in [1.54, 1.807) is 4.90 Å². The number of amides is 2. The van der Waals surface area contributed by atoms with Gasteiger partial charge < -0.3 is 19.9 Å². The van der Waals surface area contributed by atoms with Crippen molar-refractivity contribution < 1.29 is 14.3 Å². The molecule has 2 aliphatic heterocycles. The highest BCUT2D eigenvalue weighted by Gasteiger charge is 2.30. The first-order valence-corrected chi connectivity index (χ1v) is 12.7. The third-order valence-corrected chi connectivity index (χ3v) is 7.04. The second kappa shape index (κ2) is 10.1. The number of hydrogen-bond acceptors (Lipinski definition) is 7. The first-order chi connectivity index (χ1) is 17.0. The number of rotatable bonds is 5. The Labute approximate surface area is 208 Å². The highest BCUT2D eigenvalue weighted by molar-refractivity contribution is 7.99. The molecule has 0 unspecified atom stereocenters. The molecule has 5 rings (SSSR count). The highest BCUT2D eigenvalue weighted by atomic mass is 32.2. The monoisotopic (exact) mass is 492 g/mol. The van der Waals surface area contributed by atoms with E-state index < -0.39 is 0 Å². The average Bonchev–Trinajstić information content (AvgIpc) is 3.23. The number of nitrogens with one attached hydrogen (secondary N) is 1. The molecule has 9 nitrogen and oxygen atoms in total. The van der Waals surface area contributed by atoms with E-state index in [0.29, 0.717) is 29.7 Å². The summed E-state index contributed by atoms with van der Waals surface area (Å²) < 4.78 is 7.53. The predicted molar refractivity (Wildman–Crippen MR) is 136 cm³/mol. The molecule has 1 fully saturated rings. The lowest BCUT2D eigenvalue weighted by Crippen LogP contribution is -2.40. The number of thioether (sulfide) groups is 1. The minimum Gasteiger partial charge on any atom is -0.378 e. The van der Waals surface area contributed by atoms with Gasteiger partial charge in [-0.25, -0.2) is 0 Å². The van der Waals surface area contributed by atoms with Gasteiger partial charge in [-0.2, -0.15) is 0 Å². The van der Waals surface area contributed by atoms with Crippen molar-refractivity contribution in [2.75, 3.05) is 47.2 Å². The molecular weight excluding hydrogens is 464 g/mol. The maximum atomic E-state index is 13.5. The summed E-state index contributed by atoms with van der Waals surface area (Å²) in [6.07, 6.45) is 0.242. The zero-order valence-corrected chi connectivity index (χ0v) is 20.6. The van der Waals surface area contributed by atoms with Crippen LogP contribution >= 0.6 is 11.8 Å². The molecule has 1 atom stereocenters. The number of para-hydroxylation sites is 2. The summed E-state index contributed by atoms with van der Waals surface area (Å²) in [5.41, 5.74) is 3.45. The molecule has 3 heterocycles. The van der Waals surface area contributed by atoms with Crippen LogP contribution in [0.2, 0.25) is 0 Å². The van der Waals surface area contributed by atoms with Crippen LogP contribution in [0.3, 0.4) is 0 Å². The van der Waals surface area contributed by atoms with E-state index in [4.69, 9.17) is 4.74 Å². The van der Waals surface area contributed by atoms with Crippen molar-refractivity contribution >= 4 is 40.9 Å². The van der Waals surface area contributed by atoms with Gasteiger partial charge >= 0.3 is 0 Å². The van der Waals surface area contributed by atoms with Crippen LogP contribution in [0.4, 0.5) is 17.3 Å². The minimum atomic E-state index is -0.259. The molecule has 2 aliphatic rings. The second-order valence-electron chi connectivity index (χ2n) is 8.73. The van der Waals surface area contributed by atoms with Crippen LogP contribution in [0.25, 0.3) is 5.69 Å². The fourth-order valence-corrected chi connectivity index (χ4v) is 5.29. The molecule has 0 radical (unpaired) electrons. The van der Waals surface area contributed by atoms with Gasteiger partial charge in [-0.15, -0.1) is 10.2 Å². The van der Waals surface area contributed by atoms with Gasteiger partial charge in [0.25, 0.3) is 0 Å². The van der Waals surface area contributed by atoms with E-state index >= 15 is 0 Å². The quantitative estimate of drug-likeness (QED) is 0.547. The molecule has 0 bridgehead atoms. The SMILES string of the molecule is Cc1cccc(-n2c(SCC(=O)N3c4ccccc4NC(=O)C[C@@H]3C)nnc2N2CCOCC2)c1. The molecule has 0 saturated carbocycles. The van der Waals surface area contributed by atoms with Gasteiger partial charge in [0, 0.05) is 25.6 Å². The number of aryl methyl sites for hydroxylation is 1. The van der Waals surface area contributed by atoms with Crippen LogP contribution in [-0.2, 0) is 14.3 Å². The maximum Gasteiger partial charge on any atom is 0.237 e. The van der Waals surface area contributed by atoms with E-state index in [2.05, 4.69) is 26.5 Å². The smallest absolute Gasteiger partial charge is 0.237 e. The summed E-state index contributed by atoms with van der Waals surface area (Å²) >= 11 is 1.35. The van der Waals surface area contributed by atoms with Crippen molar-refractivity contribution in [3.63, 3.8) is 0 Å². The lowest BCUT2D eigenvalue weighted by molar-refractivity contribution is -0.117. The van der Waals surface area contributed by atoms with E-state index in [1.807, 2.05) is 60.9 Å². The number of hydrogen-bond donors (Lipinski definition) is 1. The number of ether oxygens (including phenoxy) is 1. The zero-order valence-electron chi connectivity index (χ0n) is 19.8. The predicted octanol–water partition coefficient (Wildman–Crippen LogP) is 3.27. The minimum absolute atomic E-state index is 0.0850. The van der Waals surface area contributed by atoms with Crippen molar-refractivity contribution in [1.29, 1.82) is 0 Å². The first kappa shape index (κ1) is 23.4. The van der Waals surface area contributed by atoms with Gasteiger partial charge in [0.1, 0.15) is 0 Å². The zero-order chi connectivity index (χ0) is 24.4. The topological polar surface area (TPSA) is 92.6 Å². The summed E-state index contributed by atoms with van der Waals surface area (Å²) in [6, 6.07) is 15.3. The average molecular weight is 493 g/mol. The molecular formula is C25H28N6O3S. The number of nitrogens with zero attached hydrogens (tertiary/aromatic N) is 5. The van der Waals surface area contributed by atoms with E-state index in [9.17, 15) is 9.59 Å². The summed E-state index contributed by atoms with van der Waals surface area (Å²) in [5, 5.41) is 12.5. The fraction of sp³-hybridized carbons (Fsp3) is 0.360. The molecule has 35 heavy (non-hydrogen) atoms. The molecule has 0 aliphatic carbocycles. The molecule has 1 N–H and O–H groups in total. The van der Waals surface area contributed by atoms with E-state index in [0.717, 1.165) is 30.3 Å². The standard InChI is InChI=1S/C25H28N6O3S/c1-17-6-5-7-19(14-17)31-24(29-10-12-34-13-11-29)27-28-25(31)35-16-23(33)30-18(2)15-22(32)26-20-8-3-4-9-21(20)30/h3-9,14,18H,10-13,15-16H2,1-2H3,(H,26,32)/t18-/m0/s1. The number of fused-ring (bicyclic) bond motifs is 1. The van der Waals surface area contributed by atoms with Gasteiger partial charge in [-0.05, 0) is 43.7 Å². The van der Waals surface area contributed by atoms with Crippen LogP contribution in [0, 0.1) is 6.92 Å². The molecule has 0 spiro atoms. The van der Waals surface area contributed by atoms with Crippen molar-refractivity contribution in [2.45, 2.75) is 31.5 Å². The molecule has 1 saturated heterocycles. The Morgan fingerprint density at radius 1 is 1.14 bits per heavy atom.